The molecule has 0 aromatic rings. The van der Waals surface area contributed by atoms with Crippen LogP contribution in [0.2, 0.25) is 0 Å². The van der Waals surface area contributed by atoms with E-state index in [0.29, 0.717) is 11.5 Å². The Hall–Kier alpha value is -0.0400. The van der Waals surface area contributed by atoms with Gasteiger partial charge in [0.25, 0.3) is 0 Å². The first kappa shape index (κ1) is 13.0. The number of rotatable bonds is 4. The molecule has 0 spiro atoms. The molecule has 1 atom stereocenters. The van der Waals surface area contributed by atoms with E-state index in [9.17, 15) is 0 Å². The van der Waals surface area contributed by atoms with E-state index in [1.807, 2.05) is 0 Å². The minimum atomic E-state index is 0.444. The maximum Gasteiger partial charge on any atom is 0.0143 e. The molecule has 15 heavy (non-hydrogen) atoms. The SMILES string of the molecule is CCC(C)(C)C(NC)C1CCC(C)CC1. The summed E-state index contributed by atoms with van der Waals surface area (Å²) in [7, 11) is 2.14. The van der Waals surface area contributed by atoms with E-state index in [4.69, 9.17) is 0 Å². The maximum atomic E-state index is 3.58. The fourth-order valence-electron chi connectivity index (χ4n) is 3.10. The first-order chi connectivity index (χ1) is 7.01. The summed E-state index contributed by atoms with van der Waals surface area (Å²) in [6.45, 7) is 9.53. The van der Waals surface area contributed by atoms with Gasteiger partial charge in [-0.15, -0.1) is 0 Å². The van der Waals surface area contributed by atoms with Gasteiger partial charge in [-0.05, 0) is 43.6 Å². The molecule has 1 aliphatic rings. The molecule has 1 saturated carbocycles. The van der Waals surface area contributed by atoms with Gasteiger partial charge in [-0.25, -0.2) is 0 Å². The van der Waals surface area contributed by atoms with Crippen molar-refractivity contribution in [2.45, 2.75) is 65.8 Å². The molecular formula is C14H29N. The predicted octanol–water partition coefficient (Wildman–Crippen LogP) is 3.84. The third-order valence-corrected chi connectivity index (χ3v) is 4.60. The fourth-order valence-corrected chi connectivity index (χ4v) is 3.10. The Morgan fingerprint density at radius 2 is 1.73 bits per heavy atom. The molecule has 0 amide bonds. The van der Waals surface area contributed by atoms with Gasteiger partial charge in [0.15, 0.2) is 0 Å². The lowest BCUT2D eigenvalue weighted by molar-refractivity contribution is 0.132. The highest BCUT2D eigenvalue weighted by Crippen LogP contribution is 2.38. The third-order valence-electron chi connectivity index (χ3n) is 4.60. The topological polar surface area (TPSA) is 12.0 Å². The zero-order valence-corrected chi connectivity index (χ0v) is 11.3. The Balaban J connectivity index is 2.59. The van der Waals surface area contributed by atoms with Gasteiger partial charge < -0.3 is 5.32 Å². The van der Waals surface area contributed by atoms with Crippen LogP contribution in [0.5, 0.6) is 0 Å². The summed E-state index contributed by atoms with van der Waals surface area (Å²) in [6, 6.07) is 0.704. The molecular weight excluding hydrogens is 182 g/mol. The number of hydrogen-bond acceptors (Lipinski definition) is 1. The molecule has 1 nitrogen and oxygen atoms in total. The summed E-state index contributed by atoms with van der Waals surface area (Å²) in [5.41, 5.74) is 0.444. The minimum absolute atomic E-state index is 0.444. The van der Waals surface area contributed by atoms with Gasteiger partial charge in [0, 0.05) is 6.04 Å². The van der Waals surface area contributed by atoms with Crippen LogP contribution < -0.4 is 5.32 Å². The number of nitrogens with one attached hydrogen (secondary N) is 1. The average molecular weight is 211 g/mol. The second-order valence-corrected chi connectivity index (χ2v) is 6.13. The van der Waals surface area contributed by atoms with Crippen LogP contribution in [0.4, 0.5) is 0 Å². The summed E-state index contributed by atoms with van der Waals surface area (Å²) in [6.07, 6.45) is 6.99. The van der Waals surface area contributed by atoms with Crippen molar-refractivity contribution in [2.24, 2.45) is 17.3 Å². The van der Waals surface area contributed by atoms with E-state index in [1.54, 1.807) is 0 Å². The van der Waals surface area contributed by atoms with Crippen LogP contribution in [-0.2, 0) is 0 Å². The van der Waals surface area contributed by atoms with Gasteiger partial charge in [-0.3, -0.25) is 0 Å². The van der Waals surface area contributed by atoms with Crippen molar-refractivity contribution >= 4 is 0 Å². The van der Waals surface area contributed by atoms with Crippen molar-refractivity contribution in [3.05, 3.63) is 0 Å². The van der Waals surface area contributed by atoms with E-state index in [-0.39, 0.29) is 0 Å². The molecule has 0 heterocycles. The predicted molar refractivity (Wildman–Crippen MR) is 68.0 cm³/mol. The Morgan fingerprint density at radius 1 is 1.20 bits per heavy atom. The van der Waals surface area contributed by atoms with Gasteiger partial charge in [-0.2, -0.15) is 0 Å². The average Bonchev–Trinajstić information content (AvgIpc) is 2.22. The van der Waals surface area contributed by atoms with Crippen LogP contribution >= 0.6 is 0 Å². The molecule has 0 aliphatic heterocycles. The van der Waals surface area contributed by atoms with Crippen LogP contribution in [0, 0.1) is 17.3 Å². The van der Waals surface area contributed by atoms with Crippen LogP contribution in [0.3, 0.4) is 0 Å². The van der Waals surface area contributed by atoms with E-state index >= 15 is 0 Å². The molecule has 1 aliphatic carbocycles. The van der Waals surface area contributed by atoms with Gasteiger partial charge in [0.1, 0.15) is 0 Å². The largest absolute Gasteiger partial charge is 0.316 e. The van der Waals surface area contributed by atoms with Gasteiger partial charge in [0.05, 0.1) is 0 Å². The van der Waals surface area contributed by atoms with Crippen molar-refractivity contribution in [1.82, 2.24) is 5.32 Å². The fraction of sp³-hybridized carbons (Fsp3) is 1.00. The first-order valence-electron chi connectivity index (χ1n) is 6.68. The molecule has 0 bridgehead atoms. The standard InChI is InChI=1S/C14H29N/c1-6-14(3,4)13(15-5)12-9-7-11(2)8-10-12/h11-13,15H,6-10H2,1-5H3. The van der Waals surface area contributed by atoms with Crippen molar-refractivity contribution in [2.75, 3.05) is 7.05 Å². The lowest BCUT2D eigenvalue weighted by atomic mass is 9.69. The molecule has 1 N–H and O–H groups in total. The Morgan fingerprint density at radius 3 is 2.13 bits per heavy atom. The summed E-state index contributed by atoms with van der Waals surface area (Å²) < 4.78 is 0. The first-order valence-corrected chi connectivity index (χ1v) is 6.68. The maximum absolute atomic E-state index is 3.58. The highest BCUT2D eigenvalue weighted by atomic mass is 14.9. The second-order valence-electron chi connectivity index (χ2n) is 6.13. The minimum Gasteiger partial charge on any atom is -0.316 e. The lowest BCUT2D eigenvalue weighted by Gasteiger charge is -2.41. The summed E-state index contributed by atoms with van der Waals surface area (Å²) in [5.74, 6) is 1.87. The third kappa shape index (κ3) is 3.21. The monoisotopic (exact) mass is 211 g/mol. The van der Waals surface area contributed by atoms with Gasteiger partial charge >= 0.3 is 0 Å². The van der Waals surface area contributed by atoms with Crippen LogP contribution in [0.25, 0.3) is 0 Å². The molecule has 90 valence electrons. The highest BCUT2D eigenvalue weighted by molar-refractivity contribution is 4.89. The highest BCUT2D eigenvalue weighted by Gasteiger charge is 2.34. The van der Waals surface area contributed by atoms with Crippen molar-refractivity contribution in [3.8, 4) is 0 Å². The van der Waals surface area contributed by atoms with Gasteiger partial charge in [-0.1, -0.05) is 40.5 Å². The summed E-state index contributed by atoms with van der Waals surface area (Å²) in [5, 5.41) is 3.58. The van der Waals surface area contributed by atoms with Crippen molar-refractivity contribution in [1.29, 1.82) is 0 Å². The van der Waals surface area contributed by atoms with Crippen LogP contribution in [-0.4, -0.2) is 13.1 Å². The molecule has 1 unspecified atom stereocenters. The lowest BCUT2D eigenvalue weighted by Crippen LogP contribution is -2.46. The Bertz CT molecular complexity index is 178. The normalized spacial score (nSPS) is 30.2. The molecule has 1 heteroatoms. The molecule has 1 fully saturated rings. The van der Waals surface area contributed by atoms with Crippen molar-refractivity contribution in [3.63, 3.8) is 0 Å². The van der Waals surface area contributed by atoms with E-state index in [2.05, 4.69) is 40.1 Å². The van der Waals surface area contributed by atoms with Crippen LogP contribution in [0.15, 0.2) is 0 Å². The van der Waals surface area contributed by atoms with Gasteiger partial charge in [0.2, 0.25) is 0 Å². The zero-order valence-electron chi connectivity index (χ0n) is 11.3. The van der Waals surface area contributed by atoms with E-state index in [0.717, 1.165) is 11.8 Å². The van der Waals surface area contributed by atoms with E-state index < -0.39 is 0 Å². The smallest absolute Gasteiger partial charge is 0.0143 e. The quantitative estimate of drug-likeness (QED) is 0.745. The van der Waals surface area contributed by atoms with E-state index in [1.165, 1.54) is 32.1 Å². The zero-order chi connectivity index (χ0) is 11.5. The Labute approximate surface area is 96.0 Å². The Kier molecular flexibility index (Phi) is 4.64. The summed E-state index contributed by atoms with van der Waals surface area (Å²) >= 11 is 0. The van der Waals surface area contributed by atoms with Crippen LogP contribution in [0.1, 0.15) is 59.8 Å². The molecule has 0 radical (unpaired) electrons. The summed E-state index contributed by atoms with van der Waals surface area (Å²) in [4.78, 5) is 0. The number of hydrogen-bond donors (Lipinski definition) is 1. The van der Waals surface area contributed by atoms with Crippen molar-refractivity contribution < 1.29 is 0 Å². The molecule has 0 aromatic carbocycles. The molecule has 0 saturated heterocycles. The molecule has 0 aromatic heterocycles. The second kappa shape index (κ2) is 5.34. The molecule has 1 rings (SSSR count).